The molecule has 10 rings (SSSR count). The summed E-state index contributed by atoms with van der Waals surface area (Å²) in [5.41, 5.74) is -31.4. The van der Waals surface area contributed by atoms with Crippen LogP contribution < -0.4 is 0 Å². The molecule has 0 aromatic heterocycles. The van der Waals surface area contributed by atoms with Crippen molar-refractivity contribution in [2.24, 2.45) is 0 Å². The second-order valence-corrected chi connectivity index (χ2v) is 23.3. The Hall–Kier alpha value is -11.2. The molecule has 0 saturated heterocycles. The van der Waals surface area contributed by atoms with E-state index in [1.165, 1.54) is 0 Å². The summed E-state index contributed by atoms with van der Waals surface area (Å²) >= 11 is -1.50. The van der Waals surface area contributed by atoms with Crippen LogP contribution in [0.3, 0.4) is 0 Å². The first-order chi connectivity index (χ1) is 57.5. The van der Waals surface area contributed by atoms with E-state index in [0.717, 1.165) is 0 Å². The Bertz CT molecular complexity index is 4950. The zero-order chi connectivity index (χ0) is 98.3. The van der Waals surface area contributed by atoms with Gasteiger partial charge in [0.15, 0.2) is 227 Å². The van der Waals surface area contributed by atoms with Gasteiger partial charge in [-0.15, -0.1) is 0 Å². The maximum atomic E-state index is 13.8. The summed E-state index contributed by atoms with van der Waals surface area (Å²) < 4.78 is 754. The number of halogens is 57. The molecule has 0 aliphatic carbocycles. The van der Waals surface area contributed by atoms with E-state index in [1.807, 2.05) is 0 Å². The van der Waals surface area contributed by atoms with Gasteiger partial charge in [-0.25, -0.2) is 215 Å². The zero-order valence-corrected chi connectivity index (χ0v) is 58.8. The first-order valence-corrected chi connectivity index (χ1v) is 31.4. The molecule has 0 heterocycles. The van der Waals surface area contributed by atoms with Gasteiger partial charge in [-0.1, -0.05) is 0 Å². The zero-order valence-electron chi connectivity index (χ0n) is 56.7. The van der Waals surface area contributed by atoms with Gasteiger partial charge in [0.25, 0.3) is 0 Å². The molecule has 0 aliphatic heterocycles. The van der Waals surface area contributed by atoms with E-state index in [-0.39, 0.29) is 0 Å². The van der Waals surface area contributed by atoms with Crippen molar-refractivity contribution in [2.75, 3.05) is 6.42 Å². The number of benzene rings is 10. The fourth-order valence-corrected chi connectivity index (χ4v) is 9.33. The molecule has 1 N–H and O–H groups in total. The molecule has 0 aliphatic rings. The third-order valence-corrected chi connectivity index (χ3v) is 15.5. The molecule has 1 atom stereocenters. The molecule has 126 heavy (non-hydrogen) atoms. The van der Waals surface area contributed by atoms with Gasteiger partial charge in [0.1, 0.15) is 12.0 Å². The Balaban J connectivity index is 0.000000319. The minimum absolute atomic E-state index is 0.362. The molecule has 10 aromatic rings. The van der Waals surface area contributed by atoms with Crippen LogP contribution in [0.15, 0.2) is 0 Å². The Labute approximate surface area is 658 Å². The van der Waals surface area contributed by atoms with Gasteiger partial charge in [0.05, 0.1) is 50.1 Å². The summed E-state index contributed by atoms with van der Waals surface area (Å²) in [6.45, 7) is 0.362. The summed E-state index contributed by atoms with van der Waals surface area (Å²) in [7, 11) is -2.03. The van der Waals surface area contributed by atoms with Crippen molar-refractivity contribution < 1.29 is 258 Å². The van der Waals surface area contributed by atoms with E-state index in [2.05, 4.69) is 0 Å². The SMILES string of the molecule is Cc1c(F)c(F)c(F)c(C(F)(F)F)c1-c1c(F)c(F)c(F)c(F)c1F.FCPC(F)(F)C(F)(F)F.Fc1c(F)c(F)c(-c2c(F)c(F)c(F)c(F)c2F)c(F)c1F.Fc1c(F)c(F)c(-c2c(F)c(F)c(F)c(F)c2F)c(F)c1F.Fc1c(F)c(F)c(-c2c(F)c(F)c(F)c(F)c2F)c(F)c1F.Fc1c(F)c(F)c(-c2c(F)c(F)c(F)c(F)c2F)c(F)c1F.[O]=[Al][OH]. The standard InChI is InChI=1S/C14H3F11.4C12F10.C3H3F6P.Al.H2O.O/c1-2-3(4-7(16)11(20)13(22)12(21)8(4)17)5(14(23,24)25)9(18)10(19)6(2)15;4*13-3-1(4(14)8(18)11(21)7(3)17)2-5(15)9(19)12(22)10(20)6(2)16;4-1-10-3(8,9)2(5,6)7;;;/h1H3;;;;;10H,1H2;;1H2;/q;;;;;;+1;;/p-1. The Morgan fingerprint density at radius 1 is 0.198 bits per heavy atom. The van der Waals surface area contributed by atoms with Gasteiger partial charge in [0.2, 0.25) is 52.4 Å². The molecular weight excluding hydrogens is 1950 g/mol. The van der Waals surface area contributed by atoms with Crippen LogP contribution in [0.5, 0.6) is 0 Å². The normalized spacial score (nSPS) is 11.4. The molecular formula is C65H7AlF57O2P. The quantitative estimate of drug-likeness (QED) is 0.0568. The van der Waals surface area contributed by atoms with Gasteiger partial charge < -0.3 is 0 Å². The van der Waals surface area contributed by atoms with Gasteiger partial charge in [-0.05, 0) is 21.1 Å². The van der Waals surface area contributed by atoms with Crippen molar-refractivity contribution in [3.8, 4) is 55.6 Å². The van der Waals surface area contributed by atoms with Crippen LogP contribution in [0.2, 0.25) is 0 Å². The molecule has 0 saturated carbocycles. The van der Waals surface area contributed by atoms with Crippen molar-refractivity contribution in [2.45, 2.75) is 24.9 Å². The van der Waals surface area contributed by atoms with Crippen LogP contribution in [0.25, 0.3) is 55.6 Å². The monoisotopic (exact) mass is 1960 g/mol. The number of rotatable bonds is 7. The van der Waals surface area contributed by atoms with E-state index >= 15 is 0 Å². The van der Waals surface area contributed by atoms with Crippen molar-refractivity contribution in [3.63, 3.8) is 0 Å². The third kappa shape index (κ3) is 19.6. The van der Waals surface area contributed by atoms with Gasteiger partial charge >= 0.3 is 41.5 Å². The van der Waals surface area contributed by atoms with Crippen LogP contribution in [-0.4, -0.2) is 37.9 Å². The number of hydrogen-bond acceptors (Lipinski definition) is 1. The van der Waals surface area contributed by atoms with Gasteiger partial charge in [-0.2, -0.15) is 35.1 Å². The molecule has 10 aromatic carbocycles. The molecule has 2 nitrogen and oxygen atoms in total. The topological polar surface area (TPSA) is 37.3 Å². The van der Waals surface area contributed by atoms with Crippen LogP contribution in [0, 0.1) is 286 Å². The van der Waals surface area contributed by atoms with Crippen molar-refractivity contribution in [3.05, 3.63) is 290 Å². The summed E-state index contributed by atoms with van der Waals surface area (Å²) in [6.07, 6.45) is -13.1. The second-order valence-electron chi connectivity index (χ2n) is 21.8. The Kier molecular flexibility index (Phi) is 34.2. The van der Waals surface area contributed by atoms with Crippen LogP contribution >= 0.6 is 8.58 Å². The number of alkyl halides is 9. The fourth-order valence-electron chi connectivity index (χ4n) is 8.96. The third-order valence-electron chi connectivity index (χ3n) is 14.6. The summed E-state index contributed by atoms with van der Waals surface area (Å²) in [5.74, 6) is -128. The predicted octanol–water partition coefficient (Wildman–Crippen LogP) is 26.5. The van der Waals surface area contributed by atoms with Crippen molar-refractivity contribution in [1.82, 2.24) is 0 Å². The minimum atomic E-state index is -5.83. The van der Waals surface area contributed by atoms with Crippen LogP contribution in [-0.2, 0) is 9.98 Å². The van der Waals surface area contributed by atoms with Gasteiger partial charge in [-0.3, -0.25) is 0 Å². The molecule has 61 heteroatoms. The molecule has 686 valence electrons. The molecule has 0 amide bonds. The van der Waals surface area contributed by atoms with E-state index in [1.54, 1.807) is 0 Å². The molecule has 0 radical (unpaired) electrons. The molecule has 1 unspecified atom stereocenters. The summed E-state index contributed by atoms with van der Waals surface area (Å²) in [6, 6.07) is 0. The first kappa shape index (κ1) is 107. The Morgan fingerprint density at radius 3 is 0.397 bits per heavy atom. The average molecular weight is 1960 g/mol. The first-order valence-electron chi connectivity index (χ1n) is 29.2. The molecule has 0 fully saturated rings. The van der Waals surface area contributed by atoms with Crippen molar-refractivity contribution >= 4 is 24.1 Å². The van der Waals surface area contributed by atoms with E-state index in [9.17, 15) is 250 Å². The number of hydrogen-bond donors (Lipinski definition) is 1. The second kappa shape index (κ2) is 40.2. The Morgan fingerprint density at radius 2 is 0.302 bits per heavy atom. The van der Waals surface area contributed by atoms with Crippen LogP contribution in [0.1, 0.15) is 11.1 Å². The fraction of sp³-hybridized carbons (Fsp3) is 0.0769. The summed E-state index contributed by atoms with van der Waals surface area (Å²) in [5, 5.41) is 0. The predicted molar refractivity (Wildman–Crippen MR) is 301 cm³/mol. The summed E-state index contributed by atoms with van der Waals surface area (Å²) in [4.78, 5) is 0. The van der Waals surface area contributed by atoms with Crippen LogP contribution in [0.4, 0.5) is 250 Å². The van der Waals surface area contributed by atoms with Gasteiger partial charge in [0, 0.05) is 5.56 Å². The molecule has 0 spiro atoms. The molecule has 0 bridgehead atoms. The van der Waals surface area contributed by atoms with E-state index in [4.69, 9.17) is 7.96 Å². The average Bonchev–Trinajstić information content (AvgIpc) is 0.707. The van der Waals surface area contributed by atoms with Crippen molar-refractivity contribution in [1.29, 1.82) is 0 Å². The van der Waals surface area contributed by atoms with E-state index in [0.29, 0.717) is 6.92 Å². The van der Waals surface area contributed by atoms with E-state index < -0.39 is 394 Å². The maximum absolute atomic E-state index is 13.8.